The van der Waals surface area contributed by atoms with Crippen LogP contribution in [0.3, 0.4) is 0 Å². The molecular weight excluding hydrogens is 308 g/mol. The monoisotopic (exact) mass is 326 g/mol. The molecule has 24 heavy (non-hydrogen) atoms. The smallest absolute Gasteiger partial charge is 0.332 e. The lowest BCUT2D eigenvalue weighted by atomic mass is 10.2. The molecular formula is C16H18N6O2. The second kappa shape index (κ2) is 6.20. The van der Waals surface area contributed by atoms with Gasteiger partial charge in [-0.2, -0.15) is 5.26 Å². The van der Waals surface area contributed by atoms with E-state index < -0.39 is 0 Å². The summed E-state index contributed by atoms with van der Waals surface area (Å²) >= 11 is 0. The molecule has 0 spiro atoms. The minimum Gasteiger partial charge on any atom is -0.379 e. The van der Waals surface area contributed by atoms with Crippen LogP contribution in [0.5, 0.6) is 0 Å². The second-order valence-electron chi connectivity index (χ2n) is 5.86. The number of nitriles is 1. The predicted octanol–water partition coefficient (Wildman–Crippen LogP) is 0.0415. The molecule has 2 aromatic rings. The summed E-state index contributed by atoms with van der Waals surface area (Å²) in [5, 5.41) is 12.1. The summed E-state index contributed by atoms with van der Waals surface area (Å²) < 4.78 is 2.59. The summed E-state index contributed by atoms with van der Waals surface area (Å²) in [4.78, 5) is 30.0. The minimum atomic E-state index is -0.329. The Labute approximate surface area is 138 Å². The summed E-state index contributed by atoms with van der Waals surface area (Å²) in [7, 11) is 3.14. The van der Waals surface area contributed by atoms with Gasteiger partial charge in [0, 0.05) is 39.3 Å². The molecule has 1 N–H and O–H groups in total. The normalized spacial score (nSPS) is 16.9. The van der Waals surface area contributed by atoms with Crippen LogP contribution < -0.4 is 21.5 Å². The number of pyridine rings is 1. The van der Waals surface area contributed by atoms with Crippen LogP contribution in [-0.4, -0.2) is 33.2 Å². The quantitative estimate of drug-likeness (QED) is 0.856. The van der Waals surface area contributed by atoms with Gasteiger partial charge in [0.2, 0.25) is 0 Å². The van der Waals surface area contributed by atoms with Gasteiger partial charge in [-0.1, -0.05) is 0 Å². The van der Waals surface area contributed by atoms with Crippen molar-refractivity contribution >= 4 is 11.5 Å². The van der Waals surface area contributed by atoms with Gasteiger partial charge >= 0.3 is 5.69 Å². The van der Waals surface area contributed by atoms with Gasteiger partial charge in [-0.05, 0) is 18.6 Å². The van der Waals surface area contributed by atoms with Crippen LogP contribution in [0.25, 0.3) is 0 Å². The van der Waals surface area contributed by atoms with Crippen LogP contribution in [0.2, 0.25) is 0 Å². The van der Waals surface area contributed by atoms with Gasteiger partial charge in [-0.15, -0.1) is 0 Å². The molecule has 2 aromatic heterocycles. The molecule has 3 heterocycles. The predicted molar refractivity (Wildman–Crippen MR) is 90.1 cm³/mol. The van der Waals surface area contributed by atoms with Crippen LogP contribution in [0.4, 0.5) is 11.5 Å². The highest BCUT2D eigenvalue weighted by atomic mass is 16.2. The summed E-state index contributed by atoms with van der Waals surface area (Å²) in [6.45, 7) is 1.43. The zero-order chi connectivity index (χ0) is 17.3. The molecule has 0 aromatic carbocycles. The Kier molecular flexibility index (Phi) is 4.08. The molecule has 0 aliphatic carbocycles. The van der Waals surface area contributed by atoms with Crippen LogP contribution in [0, 0.1) is 11.3 Å². The molecule has 1 saturated heterocycles. The number of aromatic nitrogens is 3. The van der Waals surface area contributed by atoms with Crippen LogP contribution >= 0.6 is 0 Å². The van der Waals surface area contributed by atoms with Gasteiger partial charge in [0.1, 0.15) is 17.6 Å². The van der Waals surface area contributed by atoms with Crippen LogP contribution in [-0.2, 0) is 14.1 Å². The lowest BCUT2D eigenvalue weighted by Gasteiger charge is -2.22. The fourth-order valence-electron chi connectivity index (χ4n) is 2.89. The van der Waals surface area contributed by atoms with Crippen molar-refractivity contribution in [1.82, 2.24) is 14.1 Å². The van der Waals surface area contributed by atoms with E-state index in [2.05, 4.69) is 10.3 Å². The molecule has 0 saturated carbocycles. The molecule has 8 nitrogen and oxygen atoms in total. The van der Waals surface area contributed by atoms with E-state index in [1.165, 1.54) is 17.7 Å². The highest BCUT2D eigenvalue weighted by molar-refractivity contribution is 5.46. The SMILES string of the molecule is Cn1c(N2CC[C@@H](Nc3ccc(C#N)nc3)C2)cc(=O)n(C)c1=O. The highest BCUT2D eigenvalue weighted by Crippen LogP contribution is 2.20. The first-order valence-corrected chi connectivity index (χ1v) is 7.64. The maximum absolute atomic E-state index is 12.0. The standard InChI is InChI=1S/C16H18N6O2/c1-20-14(7-15(23)21(2)16(20)24)22-6-5-13(10-22)19-12-4-3-11(8-17)18-9-12/h3-4,7,9,13,19H,5-6,10H2,1-2H3/t13-/m1/s1. The zero-order valence-electron chi connectivity index (χ0n) is 13.6. The van der Waals surface area contributed by atoms with E-state index >= 15 is 0 Å². The van der Waals surface area contributed by atoms with E-state index in [0.29, 0.717) is 18.1 Å². The van der Waals surface area contributed by atoms with Gasteiger partial charge < -0.3 is 10.2 Å². The fourth-order valence-corrected chi connectivity index (χ4v) is 2.89. The fraction of sp³-hybridized carbons (Fsp3) is 0.375. The maximum atomic E-state index is 12.0. The Bertz CT molecular complexity index is 906. The molecule has 0 unspecified atom stereocenters. The number of hydrogen-bond donors (Lipinski definition) is 1. The third-order valence-corrected chi connectivity index (χ3v) is 4.26. The second-order valence-corrected chi connectivity index (χ2v) is 5.86. The van der Waals surface area contributed by atoms with Gasteiger partial charge in [0.15, 0.2) is 0 Å². The Morgan fingerprint density at radius 2 is 2.08 bits per heavy atom. The van der Waals surface area contributed by atoms with Gasteiger partial charge in [0.05, 0.1) is 11.9 Å². The number of nitrogens with one attached hydrogen (secondary N) is 1. The van der Waals surface area contributed by atoms with Crippen molar-refractivity contribution in [2.45, 2.75) is 12.5 Å². The van der Waals surface area contributed by atoms with Crippen molar-refractivity contribution in [3.8, 4) is 6.07 Å². The third-order valence-electron chi connectivity index (χ3n) is 4.26. The highest BCUT2D eigenvalue weighted by Gasteiger charge is 2.25. The number of hydrogen-bond acceptors (Lipinski definition) is 6. The maximum Gasteiger partial charge on any atom is 0.332 e. The van der Waals surface area contributed by atoms with Crippen LogP contribution in [0.1, 0.15) is 12.1 Å². The molecule has 8 heteroatoms. The van der Waals surface area contributed by atoms with Gasteiger partial charge in [0.25, 0.3) is 5.56 Å². The first kappa shape index (κ1) is 15.8. The van der Waals surface area contributed by atoms with Crippen molar-refractivity contribution in [3.63, 3.8) is 0 Å². The van der Waals surface area contributed by atoms with Crippen molar-refractivity contribution < 1.29 is 0 Å². The van der Waals surface area contributed by atoms with E-state index in [-0.39, 0.29) is 17.3 Å². The molecule has 0 radical (unpaired) electrons. The third kappa shape index (κ3) is 2.88. The molecule has 124 valence electrons. The molecule has 1 fully saturated rings. The lowest BCUT2D eigenvalue weighted by Crippen LogP contribution is -2.40. The topological polar surface area (TPSA) is 95.9 Å². The average molecular weight is 326 g/mol. The van der Waals surface area contributed by atoms with E-state index in [1.54, 1.807) is 19.3 Å². The van der Waals surface area contributed by atoms with Crippen molar-refractivity contribution in [2.24, 2.45) is 14.1 Å². The number of anilines is 2. The molecule has 1 aliphatic heterocycles. The molecule has 1 atom stereocenters. The summed E-state index contributed by atoms with van der Waals surface area (Å²) in [6.07, 6.45) is 2.51. The Balaban J connectivity index is 1.75. The number of nitrogens with zero attached hydrogens (tertiary/aromatic N) is 5. The summed E-state index contributed by atoms with van der Waals surface area (Å²) in [5.41, 5.74) is 0.591. The summed E-state index contributed by atoms with van der Waals surface area (Å²) in [6, 6.07) is 7.15. The molecule has 3 rings (SSSR count). The molecule has 1 aliphatic rings. The molecule has 0 bridgehead atoms. The van der Waals surface area contributed by atoms with E-state index in [9.17, 15) is 9.59 Å². The largest absolute Gasteiger partial charge is 0.379 e. The van der Waals surface area contributed by atoms with Gasteiger partial charge in [-0.25, -0.2) is 9.78 Å². The number of rotatable bonds is 3. The molecule has 0 amide bonds. The van der Waals surface area contributed by atoms with Crippen molar-refractivity contribution in [2.75, 3.05) is 23.3 Å². The van der Waals surface area contributed by atoms with Gasteiger partial charge in [-0.3, -0.25) is 13.9 Å². The lowest BCUT2D eigenvalue weighted by molar-refractivity contribution is 0.672. The van der Waals surface area contributed by atoms with Crippen molar-refractivity contribution in [3.05, 3.63) is 50.9 Å². The van der Waals surface area contributed by atoms with E-state index in [4.69, 9.17) is 5.26 Å². The Morgan fingerprint density at radius 1 is 1.29 bits per heavy atom. The average Bonchev–Trinajstić information content (AvgIpc) is 3.05. The zero-order valence-corrected chi connectivity index (χ0v) is 13.6. The van der Waals surface area contributed by atoms with Crippen LogP contribution in [0.15, 0.2) is 34.0 Å². The van der Waals surface area contributed by atoms with Crippen molar-refractivity contribution in [1.29, 1.82) is 5.26 Å². The minimum absolute atomic E-state index is 0.180. The Morgan fingerprint density at radius 3 is 2.75 bits per heavy atom. The first-order chi connectivity index (χ1) is 11.5. The van der Waals surface area contributed by atoms with E-state index in [1.807, 2.05) is 17.0 Å². The Hall–Kier alpha value is -3.08. The van der Waals surface area contributed by atoms with E-state index in [0.717, 1.165) is 23.2 Å². The summed E-state index contributed by atoms with van der Waals surface area (Å²) in [5.74, 6) is 0.630. The first-order valence-electron chi connectivity index (χ1n) is 7.64.